The molecule has 1 aliphatic rings. The lowest BCUT2D eigenvalue weighted by molar-refractivity contribution is -0.115. The molecule has 2 aromatic rings. The molecule has 1 aliphatic carbocycles. The highest BCUT2D eigenvalue weighted by molar-refractivity contribution is 5.95. The van der Waals surface area contributed by atoms with Gasteiger partial charge < -0.3 is 0 Å². The van der Waals surface area contributed by atoms with Crippen LogP contribution in [-0.4, -0.2) is 20.8 Å². The van der Waals surface area contributed by atoms with Gasteiger partial charge >= 0.3 is 5.69 Å². The van der Waals surface area contributed by atoms with Crippen LogP contribution in [0.5, 0.6) is 0 Å². The van der Waals surface area contributed by atoms with Crippen LogP contribution in [-0.2, 0) is 4.79 Å². The van der Waals surface area contributed by atoms with E-state index >= 15 is 0 Å². The standard InChI is InChI=1S/C17H14N2O4/c20-14-8-6-13(7-9-14)18-11-10-15(21)19(17(18)23)16(22)12-4-2-1-3-5-12/h1-6,8,10-11,13H,7,9H2/t13-/m0/s1. The minimum atomic E-state index is -0.699. The van der Waals surface area contributed by atoms with Crippen LogP contribution >= 0.6 is 0 Å². The van der Waals surface area contributed by atoms with Crippen LogP contribution in [0, 0.1) is 0 Å². The highest BCUT2D eigenvalue weighted by Gasteiger charge is 2.20. The Kier molecular flexibility index (Phi) is 3.89. The SMILES string of the molecule is O=C1C=C[C@H](n2ccc(=O)n(C(=O)c3ccccc3)c2=O)CC1. The number of hydrogen-bond donors (Lipinski definition) is 0. The summed E-state index contributed by atoms with van der Waals surface area (Å²) >= 11 is 0. The molecule has 23 heavy (non-hydrogen) atoms. The molecule has 1 atom stereocenters. The van der Waals surface area contributed by atoms with E-state index in [0.717, 1.165) is 0 Å². The van der Waals surface area contributed by atoms with Gasteiger partial charge in [-0.1, -0.05) is 24.3 Å². The van der Waals surface area contributed by atoms with Crippen molar-refractivity contribution in [3.8, 4) is 0 Å². The van der Waals surface area contributed by atoms with Crippen molar-refractivity contribution in [1.82, 2.24) is 9.13 Å². The van der Waals surface area contributed by atoms with Gasteiger partial charge in [0.05, 0.1) is 6.04 Å². The maximum Gasteiger partial charge on any atom is 0.338 e. The molecule has 6 nitrogen and oxygen atoms in total. The van der Waals surface area contributed by atoms with Gasteiger partial charge in [-0.25, -0.2) is 4.79 Å². The molecule has 1 aromatic heterocycles. The molecule has 0 saturated heterocycles. The Hall–Kier alpha value is -3.02. The van der Waals surface area contributed by atoms with Gasteiger partial charge in [-0.05, 0) is 24.6 Å². The minimum absolute atomic E-state index is 0.00276. The fourth-order valence-corrected chi connectivity index (χ4v) is 2.56. The van der Waals surface area contributed by atoms with E-state index in [2.05, 4.69) is 0 Å². The monoisotopic (exact) mass is 310 g/mol. The van der Waals surface area contributed by atoms with E-state index in [-0.39, 0.29) is 17.4 Å². The summed E-state index contributed by atoms with van der Waals surface area (Å²) in [6.45, 7) is 0. The largest absolute Gasteiger partial charge is 0.338 e. The summed E-state index contributed by atoms with van der Waals surface area (Å²) in [6, 6.07) is 9.01. The van der Waals surface area contributed by atoms with Crippen LogP contribution in [0.1, 0.15) is 29.2 Å². The van der Waals surface area contributed by atoms with Crippen molar-refractivity contribution < 1.29 is 9.59 Å². The lowest BCUT2D eigenvalue weighted by Crippen LogP contribution is -2.44. The average Bonchev–Trinajstić information content (AvgIpc) is 2.57. The number of nitrogens with zero attached hydrogens (tertiary/aromatic N) is 2. The van der Waals surface area contributed by atoms with Crippen LogP contribution in [0.15, 0.2) is 64.3 Å². The quantitative estimate of drug-likeness (QED) is 0.834. The molecule has 0 aliphatic heterocycles. The zero-order valence-electron chi connectivity index (χ0n) is 12.2. The molecule has 6 heteroatoms. The number of hydrogen-bond acceptors (Lipinski definition) is 4. The summed E-state index contributed by atoms with van der Waals surface area (Å²) in [5.74, 6) is -0.659. The van der Waals surface area contributed by atoms with E-state index in [1.807, 2.05) is 0 Å². The zero-order chi connectivity index (χ0) is 16.4. The van der Waals surface area contributed by atoms with E-state index in [0.29, 0.717) is 17.4 Å². The van der Waals surface area contributed by atoms with Gasteiger partial charge in [0.25, 0.3) is 11.5 Å². The molecular weight excluding hydrogens is 296 g/mol. The van der Waals surface area contributed by atoms with Gasteiger partial charge in [-0.3, -0.25) is 19.0 Å². The van der Waals surface area contributed by atoms with Crippen molar-refractivity contribution in [3.05, 3.63) is 81.1 Å². The predicted molar refractivity (Wildman–Crippen MR) is 83.6 cm³/mol. The Bertz CT molecular complexity index is 906. The van der Waals surface area contributed by atoms with Gasteiger partial charge in [0.1, 0.15) is 0 Å². The first kappa shape index (κ1) is 14.9. The highest BCUT2D eigenvalue weighted by atomic mass is 16.2. The van der Waals surface area contributed by atoms with Crippen LogP contribution in [0.25, 0.3) is 0 Å². The first-order chi connectivity index (χ1) is 11.1. The molecule has 0 radical (unpaired) electrons. The fraction of sp³-hybridized carbons (Fsp3) is 0.176. The van der Waals surface area contributed by atoms with E-state index in [1.54, 1.807) is 36.4 Å². The third-order valence-corrected chi connectivity index (χ3v) is 3.78. The Morgan fingerprint density at radius 2 is 1.78 bits per heavy atom. The molecule has 1 aromatic carbocycles. The third kappa shape index (κ3) is 2.83. The predicted octanol–water partition coefficient (Wildman–Crippen LogP) is 1.16. The second-order valence-corrected chi connectivity index (χ2v) is 5.28. The molecule has 3 rings (SSSR count). The lowest BCUT2D eigenvalue weighted by atomic mass is 10.0. The molecule has 116 valence electrons. The fourth-order valence-electron chi connectivity index (χ4n) is 2.56. The van der Waals surface area contributed by atoms with Crippen LogP contribution < -0.4 is 11.2 Å². The summed E-state index contributed by atoms with van der Waals surface area (Å²) < 4.78 is 1.94. The van der Waals surface area contributed by atoms with Crippen molar-refractivity contribution in [2.24, 2.45) is 0 Å². The van der Waals surface area contributed by atoms with Gasteiger partial charge in [0.15, 0.2) is 5.78 Å². The minimum Gasteiger partial charge on any atom is -0.295 e. The Morgan fingerprint density at radius 1 is 1.04 bits per heavy atom. The van der Waals surface area contributed by atoms with Crippen LogP contribution in [0.2, 0.25) is 0 Å². The molecule has 0 fully saturated rings. The molecular formula is C17H14N2O4. The number of carbonyl (C=O) groups excluding carboxylic acids is 2. The molecule has 0 unspecified atom stereocenters. The normalized spacial score (nSPS) is 17.2. The van der Waals surface area contributed by atoms with Crippen LogP contribution in [0.4, 0.5) is 0 Å². The molecule has 0 N–H and O–H groups in total. The zero-order valence-corrected chi connectivity index (χ0v) is 12.2. The molecule has 0 amide bonds. The Morgan fingerprint density at radius 3 is 2.43 bits per heavy atom. The van der Waals surface area contributed by atoms with Crippen molar-refractivity contribution >= 4 is 11.7 Å². The third-order valence-electron chi connectivity index (χ3n) is 3.78. The van der Waals surface area contributed by atoms with E-state index in [9.17, 15) is 19.2 Å². The van der Waals surface area contributed by atoms with Crippen molar-refractivity contribution in [2.45, 2.75) is 18.9 Å². The first-order valence-corrected chi connectivity index (χ1v) is 7.23. The second kappa shape index (κ2) is 6.00. The lowest BCUT2D eigenvalue weighted by Gasteiger charge is -2.19. The van der Waals surface area contributed by atoms with Crippen LogP contribution in [0.3, 0.4) is 0 Å². The summed E-state index contributed by atoms with van der Waals surface area (Å²) in [5.41, 5.74) is -1.11. The first-order valence-electron chi connectivity index (χ1n) is 7.23. The van der Waals surface area contributed by atoms with E-state index < -0.39 is 17.2 Å². The van der Waals surface area contributed by atoms with Gasteiger partial charge in [0, 0.05) is 24.2 Å². The topological polar surface area (TPSA) is 78.1 Å². The van der Waals surface area contributed by atoms with E-state index in [4.69, 9.17) is 0 Å². The molecule has 1 heterocycles. The van der Waals surface area contributed by atoms with Gasteiger partial charge in [0.2, 0.25) is 0 Å². The number of aromatic nitrogens is 2. The van der Waals surface area contributed by atoms with Gasteiger partial charge in [-0.15, -0.1) is 0 Å². The summed E-state index contributed by atoms with van der Waals surface area (Å²) in [5, 5.41) is 0. The number of benzene rings is 1. The van der Waals surface area contributed by atoms with E-state index in [1.165, 1.54) is 22.9 Å². The number of ketones is 1. The number of rotatable bonds is 2. The van der Waals surface area contributed by atoms with Crippen molar-refractivity contribution in [1.29, 1.82) is 0 Å². The highest BCUT2D eigenvalue weighted by Crippen LogP contribution is 2.18. The molecule has 0 bridgehead atoms. The Labute approximate surface area is 131 Å². The number of allylic oxidation sites excluding steroid dienone is 2. The maximum atomic E-state index is 12.6. The van der Waals surface area contributed by atoms with Crippen molar-refractivity contribution in [2.75, 3.05) is 0 Å². The molecule has 0 spiro atoms. The van der Waals surface area contributed by atoms with Crippen molar-refractivity contribution in [3.63, 3.8) is 0 Å². The average molecular weight is 310 g/mol. The smallest absolute Gasteiger partial charge is 0.295 e. The number of carbonyl (C=O) groups is 2. The Balaban J connectivity index is 2.09. The van der Waals surface area contributed by atoms with Gasteiger partial charge in [-0.2, -0.15) is 4.57 Å². The maximum absolute atomic E-state index is 12.6. The summed E-state index contributed by atoms with van der Waals surface area (Å²) in [4.78, 5) is 48.3. The molecule has 0 saturated carbocycles. The second-order valence-electron chi connectivity index (χ2n) is 5.28. The summed E-state index contributed by atoms with van der Waals surface area (Å²) in [6.07, 6.45) is 5.21. The summed E-state index contributed by atoms with van der Waals surface area (Å²) in [7, 11) is 0.